The van der Waals surface area contributed by atoms with Crippen LogP contribution in [0.2, 0.25) is 0 Å². The number of sulfonamides is 1. The van der Waals surface area contributed by atoms with E-state index in [9.17, 15) is 13.2 Å². The molecule has 0 bridgehead atoms. The summed E-state index contributed by atoms with van der Waals surface area (Å²) in [7, 11) is -2.26. The Bertz CT molecular complexity index is 846. The van der Waals surface area contributed by atoms with Gasteiger partial charge in [0.25, 0.3) is 15.9 Å². The van der Waals surface area contributed by atoms with Gasteiger partial charge in [0.2, 0.25) is 0 Å². The van der Waals surface area contributed by atoms with Crippen LogP contribution in [-0.4, -0.2) is 28.0 Å². The molecule has 0 fully saturated rings. The second-order valence-electron chi connectivity index (χ2n) is 5.57. The van der Waals surface area contributed by atoms with E-state index in [1.165, 1.54) is 19.2 Å². The summed E-state index contributed by atoms with van der Waals surface area (Å²) < 4.78 is 32.7. The number of nitrogens with one attached hydrogen (secondary N) is 2. The summed E-state index contributed by atoms with van der Waals surface area (Å²) in [5.41, 5.74) is 1.49. The molecule has 0 spiro atoms. The van der Waals surface area contributed by atoms with Crippen LogP contribution in [-0.2, 0) is 10.0 Å². The largest absolute Gasteiger partial charge is 0.497 e. The highest BCUT2D eigenvalue weighted by Gasteiger charge is 2.18. The first-order valence-electron chi connectivity index (χ1n) is 7.93. The molecule has 0 saturated heterocycles. The number of anilines is 1. The predicted molar refractivity (Wildman–Crippen MR) is 97.6 cm³/mol. The molecule has 0 saturated carbocycles. The lowest BCUT2D eigenvalue weighted by molar-refractivity contribution is 0.0953. The average Bonchev–Trinajstić information content (AvgIpc) is 2.60. The van der Waals surface area contributed by atoms with E-state index in [1.807, 2.05) is 6.92 Å². The van der Waals surface area contributed by atoms with Gasteiger partial charge in [-0.25, -0.2) is 8.42 Å². The lowest BCUT2D eigenvalue weighted by Crippen LogP contribution is -2.25. The van der Waals surface area contributed by atoms with Gasteiger partial charge in [-0.1, -0.05) is 13.0 Å². The maximum Gasteiger partial charge on any atom is 0.261 e. The van der Waals surface area contributed by atoms with Gasteiger partial charge in [0, 0.05) is 17.8 Å². The fourth-order valence-corrected chi connectivity index (χ4v) is 3.30. The van der Waals surface area contributed by atoms with Gasteiger partial charge in [-0.05, 0) is 55.3 Å². The molecule has 134 valence electrons. The van der Waals surface area contributed by atoms with Crippen LogP contribution in [0.25, 0.3) is 0 Å². The predicted octanol–water partition coefficient (Wildman–Crippen LogP) is 2.94. The lowest BCUT2D eigenvalue weighted by Gasteiger charge is -2.12. The van der Waals surface area contributed by atoms with Crippen molar-refractivity contribution in [1.82, 2.24) is 5.32 Å². The minimum Gasteiger partial charge on any atom is -0.497 e. The molecule has 0 radical (unpaired) electrons. The molecule has 2 aromatic rings. The van der Waals surface area contributed by atoms with Crippen LogP contribution in [0.5, 0.6) is 5.75 Å². The molecule has 0 unspecified atom stereocenters. The molecule has 1 amide bonds. The average molecular weight is 362 g/mol. The third kappa shape index (κ3) is 4.73. The number of amides is 1. The fraction of sp³-hybridized carbons (Fsp3) is 0.278. The van der Waals surface area contributed by atoms with Crippen molar-refractivity contribution in [2.45, 2.75) is 25.2 Å². The Morgan fingerprint density at radius 3 is 2.40 bits per heavy atom. The minimum atomic E-state index is -3.80. The summed E-state index contributed by atoms with van der Waals surface area (Å²) in [5, 5.41) is 2.76. The third-order valence-electron chi connectivity index (χ3n) is 3.64. The second-order valence-corrected chi connectivity index (χ2v) is 7.25. The van der Waals surface area contributed by atoms with Gasteiger partial charge in [-0.2, -0.15) is 0 Å². The molecular formula is C18H22N2O4S. The van der Waals surface area contributed by atoms with Crippen molar-refractivity contribution < 1.29 is 17.9 Å². The first-order valence-corrected chi connectivity index (χ1v) is 9.41. The quantitative estimate of drug-likeness (QED) is 0.793. The summed E-state index contributed by atoms with van der Waals surface area (Å²) >= 11 is 0. The Balaban J connectivity index is 2.27. The zero-order valence-corrected chi connectivity index (χ0v) is 15.3. The third-order valence-corrected chi connectivity index (χ3v) is 5.02. The summed E-state index contributed by atoms with van der Waals surface area (Å²) in [6.07, 6.45) is 0.807. The Morgan fingerprint density at radius 1 is 1.12 bits per heavy atom. The molecule has 0 aromatic heterocycles. The zero-order valence-electron chi connectivity index (χ0n) is 14.5. The van der Waals surface area contributed by atoms with Gasteiger partial charge >= 0.3 is 0 Å². The molecule has 2 rings (SSSR count). The van der Waals surface area contributed by atoms with E-state index in [0.717, 1.165) is 12.0 Å². The minimum absolute atomic E-state index is 0.0376. The Morgan fingerprint density at radius 2 is 1.80 bits per heavy atom. The lowest BCUT2D eigenvalue weighted by atomic mass is 10.1. The molecule has 7 heteroatoms. The van der Waals surface area contributed by atoms with E-state index in [4.69, 9.17) is 4.74 Å². The number of aryl methyl sites for hydroxylation is 1. The topological polar surface area (TPSA) is 84.5 Å². The molecule has 2 N–H and O–H groups in total. The van der Waals surface area contributed by atoms with Crippen LogP contribution in [0, 0.1) is 6.92 Å². The number of ether oxygens (including phenoxy) is 1. The second kappa shape index (κ2) is 8.02. The molecule has 0 aliphatic rings. The monoisotopic (exact) mass is 362 g/mol. The summed E-state index contributed by atoms with van der Waals surface area (Å²) in [4.78, 5) is 12.2. The van der Waals surface area contributed by atoms with Crippen molar-refractivity contribution in [3.8, 4) is 5.75 Å². The molecule has 0 heterocycles. The Hall–Kier alpha value is -2.54. The van der Waals surface area contributed by atoms with Gasteiger partial charge < -0.3 is 10.1 Å². The van der Waals surface area contributed by atoms with Crippen LogP contribution in [0.15, 0.2) is 47.4 Å². The molecule has 0 aliphatic carbocycles. The van der Waals surface area contributed by atoms with Crippen molar-refractivity contribution in [2.24, 2.45) is 0 Å². The fourth-order valence-electron chi connectivity index (χ4n) is 2.22. The smallest absolute Gasteiger partial charge is 0.261 e. The molecule has 25 heavy (non-hydrogen) atoms. The van der Waals surface area contributed by atoms with E-state index < -0.39 is 10.0 Å². The van der Waals surface area contributed by atoms with Crippen LogP contribution >= 0.6 is 0 Å². The SMILES string of the molecule is CCCNC(=O)c1cc(S(=O)(=O)Nc2ccc(OC)cc2)ccc1C. The number of carbonyl (C=O) groups is 1. The van der Waals surface area contributed by atoms with Gasteiger partial charge in [0.1, 0.15) is 5.75 Å². The molecule has 2 aromatic carbocycles. The van der Waals surface area contributed by atoms with Crippen molar-refractivity contribution in [1.29, 1.82) is 0 Å². The van der Waals surface area contributed by atoms with E-state index in [-0.39, 0.29) is 10.8 Å². The normalized spacial score (nSPS) is 11.0. The Labute approximate surface area is 148 Å². The zero-order chi connectivity index (χ0) is 18.4. The van der Waals surface area contributed by atoms with Crippen LogP contribution < -0.4 is 14.8 Å². The maximum absolute atomic E-state index is 12.6. The number of hydrogen-bond donors (Lipinski definition) is 2. The van der Waals surface area contributed by atoms with E-state index >= 15 is 0 Å². The maximum atomic E-state index is 12.6. The van der Waals surface area contributed by atoms with Crippen molar-refractivity contribution in [3.63, 3.8) is 0 Å². The van der Waals surface area contributed by atoms with Gasteiger partial charge in [-0.3, -0.25) is 9.52 Å². The van der Waals surface area contributed by atoms with Crippen molar-refractivity contribution in [3.05, 3.63) is 53.6 Å². The Kier molecular flexibility index (Phi) is 6.03. The van der Waals surface area contributed by atoms with Crippen molar-refractivity contribution in [2.75, 3.05) is 18.4 Å². The van der Waals surface area contributed by atoms with E-state index in [0.29, 0.717) is 23.5 Å². The highest BCUT2D eigenvalue weighted by atomic mass is 32.2. The number of methoxy groups -OCH3 is 1. The number of carbonyl (C=O) groups excluding carboxylic acids is 1. The van der Waals surface area contributed by atoms with Gasteiger partial charge in [0.05, 0.1) is 12.0 Å². The number of rotatable bonds is 7. The first kappa shape index (κ1) is 18.8. The van der Waals surface area contributed by atoms with E-state index in [1.54, 1.807) is 37.3 Å². The summed E-state index contributed by atoms with van der Waals surface area (Å²) in [6, 6.07) is 11.1. The summed E-state index contributed by atoms with van der Waals surface area (Å²) in [6.45, 7) is 4.26. The van der Waals surface area contributed by atoms with Crippen LogP contribution in [0.1, 0.15) is 29.3 Å². The molecule has 6 nitrogen and oxygen atoms in total. The standard InChI is InChI=1S/C18H22N2O4S/c1-4-11-19-18(21)17-12-16(10-5-13(17)2)25(22,23)20-14-6-8-15(24-3)9-7-14/h5-10,12,20H,4,11H2,1-3H3,(H,19,21). The summed E-state index contributed by atoms with van der Waals surface area (Å²) in [5.74, 6) is 0.356. The molecular weight excluding hydrogens is 340 g/mol. The van der Waals surface area contributed by atoms with E-state index in [2.05, 4.69) is 10.0 Å². The van der Waals surface area contributed by atoms with Gasteiger partial charge in [0.15, 0.2) is 0 Å². The highest BCUT2D eigenvalue weighted by molar-refractivity contribution is 7.92. The first-order chi connectivity index (χ1) is 11.9. The highest BCUT2D eigenvalue weighted by Crippen LogP contribution is 2.21. The molecule has 0 aliphatic heterocycles. The number of hydrogen-bond acceptors (Lipinski definition) is 4. The number of benzene rings is 2. The van der Waals surface area contributed by atoms with Crippen LogP contribution in [0.3, 0.4) is 0 Å². The molecule has 0 atom stereocenters. The van der Waals surface area contributed by atoms with Crippen molar-refractivity contribution >= 4 is 21.6 Å². The van der Waals surface area contributed by atoms with Crippen LogP contribution in [0.4, 0.5) is 5.69 Å². The van der Waals surface area contributed by atoms with Gasteiger partial charge in [-0.15, -0.1) is 0 Å².